The van der Waals surface area contributed by atoms with E-state index < -0.39 is 10.1 Å². The van der Waals surface area contributed by atoms with Crippen molar-refractivity contribution in [3.8, 4) is 0 Å². The van der Waals surface area contributed by atoms with E-state index in [9.17, 15) is 8.42 Å². The number of rotatable bonds is 8. The van der Waals surface area contributed by atoms with Crippen molar-refractivity contribution in [3.05, 3.63) is 77.4 Å². The first kappa shape index (κ1) is 30.1. The van der Waals surface area contributed by atoms with Crippen LogP contribution >= 0.6 is 0 Å². The summed E-state index contributed by atoms with van der Waals surface area (Å²) in [5.41, 5.74) is 5.21. The molecule has 0 spiro atoms. The Morgan fingerprint density at radius 3 is 2.41 bits per heavy atom. The predicted octanol–water partition coefficient (Wildman–Crippen LogP) is 9.36. The second-order valence-corrected chi connectivity index (χ2v) is 14.8. The topological polar surface area (TPSA) is 43.4 Å². The molecule has 3 fully saturated rings. The Labute approximate surface area is 238 Å². The van der Waals surface area contributed by atoms with Crippen molar-refractivity contribution in [2.45, 2.75) is 104 Å². The monoisotopic (exact) mass is 550 g/mol. The summed E-state index contributed by atoms with van der Waals surface area (Å²) in [5.74, 6) is 3.26. The highest BCUT2D eigenvalue weighted by molar-refractivity contribution is 7.86. The summed E-state index contributed by atoms with van der Waals surface area (Å²) in [5, 5.41) is 0. The normalized spacial score (nSPS) is 31.8. The molecule has 1 aromatic rings. The summed E-state index contributed by atoms with van der Waals surface area (Å²) in [7, 11) is -3.78. The molecule has 3 saturated carbocycles. The zero-order valence-corrected chi connectivity index (χ0v) is 25.9. The Kier molecular flexibility index (Phi) is 9.49. The Hall–Kier alpha value is -1.91. The molecule has 0 N–H and O–H groups in total. The molecule has 0 amide bonds. The van der Waals surface area contributed by atoms with Gasteiger partial charge in [0.25, 0.3) is 10.1 Å². The number of aryl methyl sites for hydroxylation is 1. The van der Waals surface area contributed by atoms with Gasteiger partial charge in [0.2, 0.25) is 0 Å². The molecule has 214 valence electrons. The maximum Gasteiger partial charge on any atom is 0.297 e. The van der Waals surface area contributed by atoms with Gasteiger partial charge in [-0.15, -0.1) is 0 Å². The molecular formula is C35H50O3S. The lowest BCUT2D eigenvalue weighted by atomic mass is 9.61. The van der Waals surface area contributed by atoms with Gasteiger partial charge in [-0.05, 0) is 105 Å². The van der Waals surface area contributed by atoms with E-state index in [0.717, 1.165) is 29.0 Å². The van der Waals surface area contributed by atoms with Gasteiger partial charge in [0, 0.05) is 6.42 Å². The van der Waals surface area contributed by atoms with Crippen LogP contribution in [0.2, 0.25) is 0 Å². The maximum absolute atomic E-state index is 12.9. The lowest BCUT2D eigenvalue weighted by Crippen LogP contribution is -2.35. The molecule has 2 unspecified atom stereocenters. The molecule has 3 aliphatic carbocycles. The zero-order valence-electron chi connectivity index (χ0n) is 25.1. The van der Waals surface area contributed by atoms with Gasteiger partial charge in [0.15, 0.2) is 0 Å². The minimum absolute atomic E-state index is 0.227. The fraction of sp³-hybridized carbons (Fsp3) is 0.600. The summed E-state index contributed by atoms with van der Waals surface area (Å²) < 4.78 is 31.5. The lowest BCUT2D eigenvalue weighted by molar-refractivity contribution is 0.112. The molecule has 4 rings (SSSR count). The van der Waals surface area contributed by atoms with Crippen molar-refractivity contribution < 1.29 is 12.6 Å². The van der Waals surface area contributed by atoms with Gasteiger partial charge in [-0.25, -0.2) is 0 Å². The molecule has 3 nitrogen and oxygen atoms in total. The van der Waals surface area contributed by atoms with Crippen molar-refractivity contribution in [1.82, 2.24) is 0 Å². The number of fused-ring (bicyclic) bond motifs is 1. The van der Waals surface area contributed by atoms with E-state index in [-0.39, 0.29) is 11.0 Å². The molecule has 0 heterocycles. The van der Waals surface area contributed by atoms with E-state index in [1.165, 1.54) is 32.1 Å². The molecule has 0 aromatic heterocycles. The number of hydrogen-bond acceptors (Lipinski definition) is 3. The predicted molar refractivity (Wildman–Crippen MR) is 163 cm³/mol. The highest BCUT2D eigenvalue weighted by Gasteiger charge is 2.50. The van der Waals surface area contributed by atoms with Crippen LogP contribution in [0.15, 0.2) is 76.8 Å². The first-order valence-electron chi connectivity index (χ1n) is 15.2. The number of hydrogen-bond donors (Lipinski definition) is 0. The smallest absolute Gasteiger partial charge is 0.263 e. The van der Waals surface area contributed by atoms with Crippen molar-refractivity contribution in [2.75, 3.05) is 0 Å². The minimum atomic E-state index is -3.78. The van der Waals surface area contributed by atoms with Crippen LogP contribution in [0.5, 0.6) is 0 Å². The van der Waals surface area contributed by atoms with Crippen LogP contribution in [0.25, 0.3) is 0 Å². The summed E-state index contributed by atoms with van der Waals surface area (Å²) in [4.78, 5) is 0.227. The van der Waals surface area contributed by atoms with Crippen LogP contribution < -0.4 is 0 Å². The number of benzene rings is 1. The van der Waals surface area contributed by atoms with Crippen LogP contribution in [0, 0.1) is 41.9 Å². The Bertz CT molecular complexity index is 1220. The van der Waals surface area contributed by atoms with E-state index in [1.807, 2.05) is 19.1 Å². The molecule has 1 aromatic carbocycles. The summed E-state index contributed by atoms with van der Waals surface area (Å²) >= 11 is 0. The van der Waals surface area contributed by atoms with E-state index in [4.69, 9.17) is 4.18 Å². The summed E-state index contributed by atoms with van der Waals surface area (Å²) in [6.07, 6.45) is 17.5. The summed E-state index contributed by atoms with van der Waals surface area (Å²) in [6, 6.07) is 6.88. The van der Waals surface area contributed by atoms with Crippen LogP contribution in [0.4, 0.5) is 0 Å². The standard InChI is InChI=1S/C35H50O3S/c1-24(2)26(4)12-13-28(6)33-20-21-34-29(9-8-22-35(33,34)7)15-16-30-23-31(17-14-27(30)5)38-39(36,37)32-18-10-25(3)11-19-32/h10-13,15-16,18-19,24,26,28,31,33-34H,5,8-9,14,17,20-23H2,1-4,6-7H3/b13-12+,29-15+,30-16-/t26-,28+,31-,33?,34?,35+/m0/s1. The summed E-state index contributed by atoms with van der Waals surface area (Å²) in [6.45, 7) is 18.2. The molecule has 4 heteroatoms. The third kappa shape index (κ3) is 6.88. The second kappa shape index (κ2) is 12.3. The van der Waals surface area contributed by atoms with Crippen molar-refractivity contribution in [3.63, 3.8) is 0 Å². The fourth-order valence-electron chi connectivity index (χ4n) is 7.25. The molecule has 0 radical (unpaired) electrons. The first-order valence-corrected chi connectivity index (χ1v) is 16.6. The van der Waals surface area contributed by atoms with Gasteiger partial charge in [-0.3, -0.25) is 4.18 Å². The number of allylic oxidation sites excluding steroid dienone is 6. The van der Waals surface area contributed by atoms with Crippen LogP contribution in [0.3, 0.4) is 0 Å². The van der Waals surface area contributed by atoms with Gasteiger partial charge in [-0.1, -0.05) is 94.3 Å². The molecule has 39 heavy (non-hydrogen) atoms. The lowest BCUT2D eigenvalue weighted by Gasteiger charge is -2.44. The SMILES string of the molecule is C=C1CC[C@H](OS(=O)(=O)c2ccc(C)cc2)C/C1=C/C=C1\CCC[C@@]2(C)C1CCC2[C@H](C)/C=C/[C@H](C)C(C)C. The van der Waals surface area contributed by atoms with Crippen LogP contribution in [0.1, 0.15) is 91.5 Å². The van der Waals surface area contributed by atoms with Gasteiger partial charge in [-0.2, -0.15) is 8.42 Å². The van der Waals surface area contributed by atoms with E-state index in [1.54, 1.807) is 17.7 Å². The Morgan fingerprint density at radius 2 is 1.72 bits per heavy atom. The third-order valence-electron chi connectivity index (χ3n) is 10.2. The average Bonchev–Trinajstić information content (AvgIpc) is 3.25. The van der Waals surface area contributed by atoms with Crippen molar-refractivity contribution in [1.29, 1.82) is 0 Å². The van der Waals surface area contributed by atoms with Crippen molar-refractivity contribution in [2.24, 2.45) is 35.0 Å². The van der Waals surface area contributed by atoms with Crippen molar-refractivity contribution >= 4 is 10.1 Å². The van der Waals surface area contributed by atoms with E-state index in [2.05, 4.69) is 65.5 Å². The zero-order chi connectivity index (χ0) is 28.4. The van der Waals surface area contributed by atoms with Crippen LogP contribution in [-0.4, -0.2) is 14.5 Å². The highest BCUT2D eigenvalue weighted by Crippen LogP contribution is 2.59. The molecule has 0 bridgehead atoms. The highest BCUT2D eigenvalue weighted by atomic mass is 32.2. The largest absolute Gasteiger partial charge is 0.297 e. The van der Waals surface area contributed by atoms with E-state index in [0.29, 0.717) is 41.9 Å². The fourth-order valence-corrected chi connectivity index (χ4v) is 8.36. The molecule has 0 saturated heterocycles. The molecule has 6 atom stereocenters. The quantitative estimate of drug-likeness (QED) is 0.239. The van der Waals surface area contributed by atoms with Gasteiger partial charge >= 0.3 is 0 Å². The van der Waals surface area contributed by atoms with Gasteiger partial charge in [0.1, 0.15) is 0 Å². The van der Waals surface area contributed by atoms with Crippen LogP contribution in [-0.2, 0) is 14.3 Å². The first-order chi connectivity index (χ1) is 18.4. The molecular weight excluding hydrogens is 500 g/mol. The minimum Gasteiger partial charge on any atom is -0.263 e. The van der Waals surface area contributed by atoms with Gasteiger partial charge in [0.05, 0.1) is 11.0 Å². The second-order valence-electron chi connectivity index (χ2n) is 13.2. The Morgan fingerprint density at radius 1 is 1.00 bits per heavy atom. The molecule has 3 aliphatic rings. The maximum atomic E-state index is 12.9. The Balaban J connectivity index is 1.46. The van der Waals surface area contributed by atoms with E-state index >= 15 is 0 Å². The molecule has 0 aliphatic heterocycles. The third-order valence-corrected chi connectivity index (χ3v) is 11.6. The average molecular weight is 551 g/mol. The van der Waals surface area contributed by atoms with Gasteiger partial charge < -0.3 is 0 Å².